The quantitative estimate of drug-likeness (QED) is 0.672. The van der Waals surface area contributed by atoms with Gasteiger partial charge < -0.3 is 15.7 Å². The summed E-state index contributed by atoms with van der Waals surface area (Å²) in [6.07, 6.45) is 12.9. The maximum atomic E-state index is 12.8. The van der Waals surface area contributed by atoms with Crippen LogP contribution in [0.3, 0.4) is 0 Å². The number of pyridine rings is 1. The van der Waals surface area contributed by atoms with Gasteiger partial charge in [0.2, 0.25) is 5.91 Å². The van der Waals surface area contributed by atoms with Gasteiger partial charge in [-0.25, -0.2) is 4.98 Å². The average molecular weight is 426 g/mol. The summed E-state index contributed by atoms with van der Waals surface area (Å²) in [7, 11) is 0. The second kappa shape index (κ2) is 12.4. The molecule has 2 aromatic rings. The summed E-state index contributed by atoms with van der Waals surface area (Å²) in [5.41, 5.74) is 0.948. The topological polar surface area (TPSA) is 91.3 Å². The van der Waals surface area contributed by atoms with Crippen molar-refractivity contribution in [2.75, 3.05) is 6.61 Å². The first-order valence-corrected chi connectivity index (χ1v) is 11.8. The van der Waals surface area contributed by atoms with Crippen LogP contribution in [0, 0.1) is 0 Å². The van der Waals surface area contributed by atoms with Crippen LogP contribution >= 0.6 is 0 Å². The van der Waals surface area contributed by atoms with E-state index in [4.69, 9.17) is 0 Å². The number of hydrogen-bond donors (Lipinski definition) is 3. The lowest BCUT2D eigenvalue weighted by atomic mass is 9.97. The highest BCUT2D eigenvalue weighted by Crippen LogP contribution is 2.17. The van der Waals surface area contributed by atoms with E-state index in [1.165, 1.54) is 44.9 Å². The zero-order valence-electron chi connectivity index (χ0n) is 18.3. The molecule has 0 radical (unpaired) electrons. The Balaban J connectivity index is 1.57. The fourth-order valence-corrected chi connectivity index (χ4v) is 4.23. The molecule has 2 amide bonds. The van der Waals surface area contributed by atoms with Gasteiger partial charge in [-0.2, -0.15) is 0 Å². The lowest BCUT2D eigenvalue weighted by Crippen LogP contribution is -2.51. The molecular weight excluding hydrogens is 390 g/mol. The molecule has 0 bridgehead atoms. The Bertz CT molecular complexity index is 843. The van der Waals surface area contributed by atoms with E-state index in [1.807, 2.05) is 30.3 Å². The summed E-state index contributed by atoms with van der Waals surface area (Å²) in [4.78, 5) is 29.8. The van der Waals surface area contributed by atoms with Crippen LogP contribution in [0.4, 0.5) is 0 Å². The van der Waals surface area contributed by atoms with Crippen molar-refractivity contribution < 1.29 is 14.7 Å². The highest BCUT2D eigenvalue weighted by Gasteiger charge is 2.23. The second-order valence-corrected chi connectivity index (χ2v) is 8.56. The van der Waals surface area contributed by atoms with Crippen molar-refractivity contribution in [1.82, 2.24) is 15.6 Å². The Kier molecular flexibility index (Phi) is 9.28. The third-order valence-corrected chi connectivity index (χ3v) is 6.09. The number of nitrogens with zero attached hydrogens (tertiary/aromatic N) is 1. The van der Waals surface area contributed by atoms with Crippen LogP contribution in [0.25, 0.3) is 10.9 Å². The van der Waals surface area contributed by atoms with Crippen molar-refractivity contribution in [3.8, 4) is 0 Å². The average Bonchev–Trinajstić information content (AvgIpc) is 2.78. The maximum absolute atomic E-state index is 12.8. The molecule has 3 rings (SSSR count). The Morgan fingerprint density at radius 3 is 2.16 bits per heavy atom. The van der Waals surface area contributed by atoms with Crippen molar-refractivity contribution in [3.63, 3.8) is 0 Å². The zero-order chi connectivity index (χ0) is 21.9. The Labute approximate surface area is 184 Å². The molecule has 1 aliphatic rings. The van der Waals surface area contributed by atoms with Crippen LogP contribution in [0.1, 0.15) is 81.1 Å². The van der Waals surface area contributed by atoms with Gasteiger partial charge in [-0.1, -0.05) is 82.1 Å². The predicted octanol–water partition coefficient (Wildman–Crippen LogP) is 4.12. The molecule has 1 atom stereocenters. The van der Waals surface area contributed by atoms with E-state index in [-0.39, 0.29) is 17.6 Å². The van der Waals surface area contributed by atoms with Gasteiger partial charge in [0.05, 0.1) is 12.1 Å². The summed E-state index contributed by atoms with van der Waals surface area (Å²) < 4.78 is 0. The number of rotatable bonds is 5. The number of aliphatic hydroxyl groups excluding tert-OH is 1. The monoisotopic (exact) mass is 425 g/mol. The van der Waals surface area contributed by atoms with Crippen molar-refractivity contribution in [1.29, 1.82) is 0 Å². The van der Waals surface area contributed by atoms with E-state index >= 15 is 0 Å². The van der Waals surface area contributed by atoms with E-state index in [0.717, 1.165) is 31.1 Å². The van der Waals surface area contributed by atoms with E-state index in [0.29, 0.717) is 5.52 Å². The highest BCUT2D eigenvalue weighted by molar-refractivity contribution is 5.97. The number of carbonyl (C=O) groups is 2. The molecule has 1 aliphatic carbocycles. The van der Waals surface area contributed by atoms with Crippen molar-refractivity contribution in [2.45, 2.75) is 82.7 Å². The molecule has 6 nitrogen and oxygen atoms in total. The van der Waals surface area contributed by atoms with E-state index in [9.17, 15) is 14.7 Å². The lowest BCUT2D eigenvalue weighted by molar-refractivity contribution is -0.124. The van der Waals surface area contributed by atoms with Crippen LogP contribution in [0.2, 0.25) is 0 Å². The first kappa shape index (κ1) is 23.2. The number of amides is 2. The zero-order valence-corrected chi connectivity index (χ0v) is 18.3. The number of aliphatic hydroxyl groups is 1. The smallest absolute Gasteiger partial charge is 0.270 e. The van der Waals surface area contributed by atoms with Gasteiger partial charge in [-0.3, -0.25) is 9.59 Å². The Morgan fingerprint density at radius 2 is 1.52 bits per heavy atom. The molecule has 1 saturated carbocycles. The normalized spacial score (nSPS) is 17.8. The molecule has 3 N–H and O–H groups in total. The summed E-state index contributed by atoms with van der Waals surface area (Å²) in [6, 6.07) is 10.1. The number of carbonyl (C=O) groups excluding carboxylic acids is 2. The van der Waals surface area contributed by atoms with Crippen LogP contribution in [0.15, 0.2) is 36.4 Å². The van der Waals surface area contributed by atoms with Gasteiger partial charge in [0.15, 0.2) is 0 Å². The summed E-state index contributed by atoms with van der Waals surface area (Å²) in [6.45, 7) is -0.447. The van der Waals surface area contributed by atoms with Crippen LogP contribution < -0.4 is 10.6 Å². The molecule has 1 fully saturated rings. The number of para-hydroxylation sites is 1. The maximum Gasteiger partial charge on any atom is 0.270 e. The minimum absolute atomic E-state index is 0.0941. The number of nitrogens with one attached hydrogen (secondary N) is 2. The Hall–Kier alpha value is -2.47. The number of hydrogen-bond acceptors (Lipinski definition) is 4. The fraction of sp³-hybridized carbons (Fsp3) is 0.560. The van der Waals surface area contributed by atoms with E-state index in [1.54, 1.807) is 6.07 Å². The van der Waals surface area contributed by atoms with Gasteiger partial charge in [0, 0.05) is 11.4 Å². The minimum atomic E-state index is -0.984. The Morgan fingerprint density at radius 1 is 0.903 bits per heavy atom. The molecule has 1 aromatic heterocycles. The van der Waals surface area contributed by atoms with E-state index < -0.39 is 18.6 Å². The molecule has 1 aromatic carbocycles. The minimum Gasteiger partial charge on any atom is -0.394 e. The molecule has 1 heterocycles. The molecule has 6 heteroatoms. The molecule has 0 saturated heterocycles. The number of benzene rings is 1. The molecule has 168 valence electrons. The first-order chi connectivity index (χ1) is 15.2. The van der Waals surface area contributed by atoms with Crippen LogP contribution in [0.5, 0.6) is 0 Å². The third-order valence-electron chi connectivity index (χ3n) is 6.09. The first-order valence-electron chi connectivity index (χ1n) is 11.8. The second-order valence-electron chi connectivity index (χ2n) is 8.56. The highest BCUT2D eigenvalue weighted by atomic mass is 16.3. The fourth-order valence-electron chi connectivity index (χ4n) is 4.23. The molecule has 0 aliphatic heterocycles. The van der Waals surface area contributed by atoms with Gasteiger partial charge in [-0.05, 0) is 25.0 Å². The predicted molar refractivity (Wildman–Crippen MR) is 123 cm³/mol. The number of aromatic nitrogens is 1. The van der Waals surface area contributed by atoms with Gasteiger partial charge in [0.25, 0.3) is 5.91 Å². The van der Waals surface area contributed by atoms with Crippen LogP contribution in [-0.4, -0.2) is 40.6 Å². The van der Waals surface area contributed by atoms with E-state index in [2.05, 4.69) is 15.6 Å². The largest absolute Gasteiger partial charge is 0.394 e. The van der Waals surface area contributed by atoms with Gasteiger partial charge in [-0.15, -0.1) is 0 Å². The summed E-state index contributed by atoms with van der Waals surface area (Å²) >= 11 is 0. The van der Waals surface area contributed by atoms with Gasteiger partial charge in [0.1, 0.15) is 11.7 Å². The third kappa shape index (κ3) is 7.31. The van der Waals surface area contributed by atoms with Gasteiger partial charge >= 0.3 is 0 Å². The standard InChI is InChI=1S/C25H35N3O3/c29-18-23(28-24(30)22-17-16-19-12-10-11-15-21(19)27-22)25(31)26-20-13-8-6-4-2-1-3-5-7-9-14-20/h10-12,15-17,20,23,29H,1-9,13-14,18H2,(H,26,31)(H,28,30)/t23-/m0/s1. The van der Waals surface area contributed by atoms with Crippen LogP contribution in [-0.2, 0) is 4.79 Å². The summed E-state index contributed by atoms with van der Waals surface area (Å²) in [5.74, 6) is -0.785. The summed E-state index contributed by atoms with van der Waals surface area (Å²) in [5, 5.41) is 16.4. The van der Waals surface area contributed by atoms with Crippen molar-refractivity contribution >= 4 is 22.7 Å². The van der Waals surface area contributed by atoms with Crippen molar-refractivity contribution in [2.24, 2.45) is 0 Å². The lowest BCUT2D eigenvalue weighted by Gasteiger charge is -2.23. The molecule has 31 heavy (non-hydrogen) atoms. The van der Waals surface area contributed by atoms with Crippen molar-refractivity contribution in [3.05, 3.63) is 42.1 Å². The molecule has 0 unspecified atom stereocenters. The number of fused-ring (bicyclic) bond motifs is 1. The SMILES string of the molecule is O=C(N[C@@H](CO)C(=O)NC1CCCCCCCCCCC1)c1ccc2ccccc2n1. The molecule has 0 spiro atoms. The molecular formula is C25H35N3O3.